The van der Waals surface area contributed by atoms with E-state index in [0.29, 0.717) is 16.7 Å². The van der Waals surface area contributed by atoms with Crippen LogP contribution in [-0.4, -0.2) is 28.1 Å². The Morgan fingerprint density at radius 1 is 1.00 bits per heavy atom. The molecule has 3 saturated carbocycles. The Balaban J connectivity index is 1.26. The van der Waals surface area contributed by atoms with Crippen molar-refractivity contribution in [3.05, 3.63) is 53.9 Å². The number of methoxy groups -OCH3 is 1. The van der Waals surface area contributed by atoms with E-state index in [-0.39, 0.29) is 6.10 Å². The predicted octanol–water partition coefficient (Wildman–Crippen LogP) is 6.29. The molecule has 1 heterocycles. The minimum Gasteiger partial charge on any atom is -0.497 e. The number of rotatable bonds is 3. The van der Waals surface area contributed by atoms with E-state index in [1.54, 1.807) is 12.7 Å². The first-order chi connectivity index (χ1) is 15.9. The Hall–Kier alpha value is -2.07. The highest BCUT2D eigenvalue weighted by molar-refractivity contribution is 5.37. The van der Waals surface area contributed by atoms with Crippen LogP contribution >= 0.6 is 0 Å². The summed E-state index contributed by atoms with van der Waals surface area (Å²) in [5, 5.41) is 15.3. The quantitative estimate of drug-likeness (QED) is 0.564. The molecule has 4 nitrogen and oxygen atoms in total. The van der Waals surface area contributed by atoms with Crippen molar-refractivity contribution in [3.8, 4) is 11.4 Å². The summed E-state index contributed by atoms with van der Waals surface area (Å²) in [6.45, 7) is 5.09. The van der Waals surface area contributed by atoms with E-state index < -0.39 is 0 Å². The number of fused-ring (bicyclic) bond motifs is 5. The molecule has 176 valence electrons. The predicted molar refractivity (Wildman–Crippen MR) is 131 cm³/mol. The second-order valence-electron chi connectivity index (χ2n) is 11.7. The zero-order valence-corrected chi connectivity index (χ0v) is 20.3. The highest BCUT2D eigenvalue weighted by atomic mass is 16.5. The van der Waals surface area contributed by atoms with Crippen LogP contribution < -0.4 is 4.74 Å². The SMILES string of the molecule is COc1ccc(-n2ccc(C3CCC4C5CC=C6CC(O)CC[C@]6(C)C5CC[C@]34C)n2)cc1. The molecule has 0 saturated heterocycles. The summed E-state index contributed by atoms with van der Waals surface area (Å²) >= 11 is 0. The third kappa shape index (κ3) is 3.24. The molecule has 1 aromatic heterocycles. The van der Waals surface area contributed by atoms with Gasteiger partial charge in [0.1, 0.15) is 5.75 Å². The van der Waals surface area contributed by atoms with Gasteiger partial charge in [0, 0.05) is 12.1 Å². The van der Waals surface area contributed by atoms with Crippen molar-refractivity contribution in [1.82, 2.24) is 9.78 Å². The largest absolute Gasteiger partial charge is 0.497 e. The number of nitrogens with zero attached hydrogens (tertiary/aromatic N) is 2. The molecule has 1 aromatic carbocycles. The molecule has 1 N–H and O–H groups in total. The summed E-state index contributed by atoms with van der Waals surface area (Å²) in [5.74, 6) is 3.79. The van der Waals surface area contributed by atoms with Gasteiger partial charge in [-0.05, 0) is 110 Å². The van der Waals surface area contributed by atoms with E-state index in [0.717, 1.165) is 42.0 Å². The molecule has 33 heavy (non-hydrogen) atoms. The lowest BCUT2D eigenvalue weighted by Crippen LogP contribution is -2.50. The first-order valence-corrected chi connectivity index (χ1v) is 13.0. The van der Waals surface area contributed by atoms with Crippen molar-refractivity contribution in [3.63, 3.8) is 0 Å². The van der Waals surface area contributed by atoms with Crippen LogP contribution in [0.1, 0.15) is 76.8 Å². The molecule has 7 atom stereocenters. The van der Waals surface area contributed by atoms with E-state index in [1.807, 2.05) is 16.8 Å². The number of hydrogen-bond donors (Lipinski definition) is 1. The van der Waals surface area contributed by atoms with Gasteiger partial charge in [0.2, 0.25) is 0 Å². The van der Waals surface area contributed by atoms with Gasteiger partial charge in [-0.2, -0.15) is 5.10 Å². The van der Waals surface area contributed by atoms with Crippen molar-refractivity contribution in [2.45, 2.75) is 77.2 Å². The molecule has 4 aliphatic rings. The Labute approximate surface area is 198 Å². The van der Waals surface area contributed by atoms with Crippen LogP contribution in [0.4, 0.5) is 0 Å². The van der Waals surface area contributed by atoms with Crippen LogP contribution in [0.25, 0.3) is 5.69 Å². The van der Waals surface area contributed by atoms with Gasteiger partial charge >= 0.3 is 0 Å². The molecule has 0 spiro atoms. The average molecular weight is 447 g/mol. The van der Waals surface area contributed by atoms with Crippen LogP contribution in [0.15, 0.2) is 48.2 Å². The maximum atomic E-state index is 10.3. The number of allylic oxidation sites excluding steroid dienone is 1. The lowest BCUT2D eigenvalue weighted by molar-refractivity contribution is -0.0412. The second-order valence-corrected chi connectivity index (χ2v) is 11.7. The molecule has 3 fully saturated rings. The number of ether oxygens (including phenoxy) is 1. The average Bonchev–Trinajstić information content (AvgIpc) is 3.44. The van der Waals surface area contributed by atoms with E-state index >= 15 is 0 Å². The fraction of sp³-hybridized carbons (Fsp3) is 0.621. The zero-order chi connectivity index (χ0) is 22.8. The van der Waals surface area contributed by atoms with Crippen LogP contribution in [0.5, 0.6) is 5.75 Å². The summed E-state index contributed by atoms with van der Waals surface area (Å²) in [6, 6.07) is 10.4. The smallest absolute Gasteiger partial charge is 0.119 e. The Morgan fingerprint density at radius 2 is 1.82 bits per heavy atom. The number of hydrogen-bond acceptors (Lipinski definition) is 3. The fourth-order valence-electron chi connectivity index (χ4n) is 8.53. The van der Waals surface area contributed by atoms with Gasteiger partial charge in [-0.1, -0.05) is 25.5 Å². The van der Waals surface area contributed by atoms with E-state index in [1.165, 1.54) is 44.2 Å². The molecule has 0 aliphatic heterocycles. The van der Waals surface area contributed by atoms with Crippen LogP contribution in [-0.2, 0) is 0 Å². The van der Waals surface area contributed by atoms with Gasteiger partial charge in [0.05, 0.1) is 24.6 Å². The van der Waals surface area contributed by atoms with Crippen molar-refractivity contribution < 1.29 is 9.84 Å². The number of aromatic nitrogens is 2. The van der Waals surface area contributed by atoms with Crippen molar-refractivity contribution in [2.24, 2.45) is 28.6 Å². The third-order valence-electron chi connectivity index (χ3n) is 10.4. The van der Waals surface area contributed by atoms with Gasteiger partial charge in [-0.25, -0.2) is 4.68 Å². The second kappa shape index (κ2) is 7.73. The van der Waals surface area contributed by atoms with Crippen LogP contribution in [0.3, 0.4) is 0 Å². The van der Waals surface area contributed by atoms with Crippen molar-refractivity contribution >= 4 is 0 Å². The lowest BCUT2D eigenvalue weighted by Gasteiger charge is -2.58. The molecular formula is C29H38N2O2. The summed E-state index contributed by atoms with van der Waals surface area (Å²) in [5.41, 5.74) is 4.59. The van der Waals surface area contributed by atoms with Crippen molar-refractivity contribution in [1.29, 1.82) is 0 Å². The number of benzene rings is 1. The first kappa shape index (κ1) is 21.5. The number of aliphatic hydroxyl groups is 1. The standard InChI is InChI=1S/C29H38N2O2/c1-28-15-12-21(32)18-19(28)4-9-23-24-10-11-26(29(24,2)16-13-25(23)28)27-14-17-31(30-27)20-5-7-22(33-3)8-6-20/h4-8,14,17,21,23-26,32H,9-13,15-16,18H2,1-3H3/t21?,23?,24?,25?,26?,28-,29-/m0/s1. The summed E-state index contributed by atoms with van der Waals surface area (Å²) in [4.78, 5) is 0. The van der Waals surface area contributed by atoms with Crippen LogP contribution in [0.2, 0.25) is 0 Å². The molecule has 2 aromatic rings. The van der Waals surface area contributed by atoms with E-state index in [9.17, 15) is 5.11 Å². The number of aliphatic hydroxyl groups excluding tert-OH is 1. The van der Waals surface area contributed by atoms with E-state index in [4.69, 9.17) is 9.84 Å². The maximum Gasteiger partial charge on any atom is 0.119 e. The van der Waals surface area contributed by atoms with E-state index in [2.05, 4.69) is 44.3 Å². The molecular weight excluding hydrogens is 408 g/mol. The minimum absolute atomic E-state index is 0.119. The van der Waals surface area contributed by atoms with Gasteiger partial charge in [0.25, 0.3) is 0 Å². The highest BCUT2D eigenvalue weighted by Gasteiger charge is 2.59. The van der Waals surface area contributed by atoms with Gasteiger partial charge in [-0.15, -0.1) is 0 Å². The Morgan fingerprint density at radius 3 is 2.61 bits per heavy atom. The fourth-order valence-corrected chi connectivity index (χ4v) is 8.53. The highest BCUT2D eigenvalue weighted by Crippen LogP contribution is 2.67. The molecule has 0 radical (unpaired) electrons. The maximum absolute atomic E-state index is 10.3. The molecule has 0 bridgehead atoms. The monoisotopic (exact) mass is 446 g/mol. The molecule has 5 unspecified atom stereocenters. The third-order valence-corrected chi connectivity index (χ3v) is 10.4. The molecule has 0 amide bonds. The molecule has 4 aliphatic carbocycles. The molecule has 6 rings (SSSR count). The Bertz CT molecular complexity index is 1060. The van der Waals surface area contributed by atoms with Gasteiger partial charge < -0.3 is 9.84 Å². The van der Waals surface area contributed by atoms with Crippen molar-refractivity contribution in [2.75, 3.05) is 7.11 Å². The first-order valence-electron chi connectivity index (χ1n) is 13.0. The minimum atomic E-state index is -0.119. The normalized spacial score (nSPS) is 39.9. The summed E-state index contributed by atoms with van der Waals surface area (Å²) < 4.78 is 7.34. The summed E-state index contributed by atoms with van der Waals surface area (Å²) in [6.07, 6.45) is 14.1. The summed E-state index contributed by atoms with van der Waals surface area (Å²) in [7, 11) is 1.70. The topological polar surface area (TPSA) is 47.3 Å². The molecule has 4 heteroatoms. The van der Waals surface area contributed by atoms with Crippen LogP contribution in [0, 0.1) is 28.6 Å². The zero-order valence-electron chi connectivity index (χ0n) is 20.3. The van der Waals surface area contributed by atoms with Gasteiger partial charge in [0.15, 0.2) is 0 Å². The Kier molecular flexibility index (Phi) is 5.03. The van der Waals surface area contributed by atoms with Gasteiger partial charge in [-0.3, -0.25) is 0 Å². The lowest BCUT2D eigenvalue weighted by atomic mass is 9.47.